The first-order valence-electron chi connectivity index (χ1n) is 7.06. The Morgan fingerprint density at radius 3 is 2.74 bits per heavy atom. The van der Waals surface area contributed by atoms with Crippen LogP contribution in [0.15, 0.2) is 0 Å². The molecule has 0 saturated carbocycles. The second-order valence-corrected chi connectivity index (χ2v) is 6.53. The van der Waals surface area contributed by atoms with Crippen LogP contribution in [0.2, 0.25) is 0 Å². The van der Waals surface area contributed by atoms with E-state index >= 15 is 0 Å². The van der Waals surface area contributed by atoms with Gasteiger partial charge in [0.15, 0.2) is 0 Å². The number of carbonyl (C=O) groups is 1. The lowest BCUT2D eigenvalue weighted by molar-refractivity contribution is 0.0946. The lowest BCUT2D eigenvalue weighted by Crippen LogP contribution is -2.29. The van der Waals surface area contributed by atoms with E-state index in [1.165, 1.54) is 25.9 Å². The summed E-state index contributed by atoms with van der Waals surface area (Å²) < 4.78 is 0. The Morgan fingerprint density at radius 1 is 1.42 bits per heavy atom. The predicted molar refractivity (Wildman–Crippen MR) is 78.8 cm³/mol. The first-order valence-corrected chi connectivity index (χ1v) is 7.87. The Kier molecular flexibility index (Phi) is 4.93. The van der Waals surface area contributed by atoms with Gasteiger partial charge < -0.3 is 10.2 Å². The van der Waals surface area contributed by atoms with Crippen LogP contribution in [-0.4, -0.2) is 41.5 Å². The zero-order valence-electron chi connectivity index (χ0n) is 12.0. The molecular weight excluding hydrogens is 258 g/mol. The van der Waals surface area contributed by atoms with Gasteiger partial charge in [-0.05, 0) is 46.7 Å². The van der Waals surface area contributed by atoms with E-state index in [0.717, 1.165) is 28.5 Å². The summed E-state index contributed by atoms with van der Waals surface area (Å²) in [5.74, 6) is 0.0115. The lowest BCUT2D eigenvalue weighted by atomic mass is 10.3. The Balaban J connectivity index is 1.93. The van der Waals surface area contributed by atoms with Crippen molar-refractivity contribution >= 4 is 17.2 Å². The fourth-order valence-corrected chi connectivity index (χ4v) is 3.31. The highest BCUT2D eigenvalue weighted by Gasteiger charge is 2.17. The van der Waals surface area contributed by atoms with Gasteiger partial charge in [0.1, 0.15) is 4.88 Å². The van der Waals surface area contributed by atoms with E-state index in [1.54, 1.807) is 11.3 Å². The van der Waals surface area contributed by atoms with E-state index in [0.29, 0.717) is 0 Å². The molecule has 2 rings (SSSR count). The van der Waals surface area contributed by atoms with Crippen LogP contribution >= 0.6 is 11.3 Å². The maximum Gasteiger partial charge on any atom is 0.263 e. The number of nitrogens with one attached hydrogen (secondary N) is 1. The fraction of sp³-hybridized carbons (Fsp3) is 0.714. The number of likely N-dealkylation sites (tertiary alicyclic amines) is 1. The van der Waals surface area contributed by atoms with Crippen LogP contribution in [0.4, 0.5) is 0 Å². The zero-order chi connectivity index (χ0) is 13.8. The van der Waals surface area contributed by atoms with Crippen molar-refractivity contribution in [2.24, 2.45) is 0 Å². The molecule has 0 radical (unpaired) electrons. The van der Waals surface area contributed by atoms with Crippen LogP contribution < -0.4 is 5.32 Å². The smallest absolute Gasteiger partial charge is 0.263 e. The summed E-state index contributed by atoms with van der Waals surface area (Å²) in [4.78, 5) is 19.8. The normalized spacial score (nSPS) is 16.2. The molecule has 0 bridgehead atoms. The SMILES string of the molecule is Cc1nc(CCN2CCCC2)sc1C(=O)NC(C)C. The fourth-order valence-electron chi connectivity index (χ4n) is 2.36. The molecule has 0 aromatic carbocycles. The molecule has 1 N–H and O–H groups in total. The monoisotopic (exact) mass is 281 g/mol. The first kappa shape index (κ1) is 14.5. The Hall–Kier alpha value is -0.940. The van der Waals surface area contributed by atoms with Gasteiger partial charge in [-0.25, -0.2) is 4.98 Å². The number of aryl methyl sites for hydroxylation is 1. The van der Waals surface area contributed by atoms with Gasteiger partial charge in [-0.2, -0.15) is 0 Å². The van der Waals surface area contributed by atoms with Crippen molar-refractivity contribution in [2.45, 2.75) is 46.1 Å². The lowest BCUT2D eigenvalue weighted by Gasteiger charge is -2.12. The van der Waals surface area contributed by atoms with Gasteiger partial charge in [-0.1, -0.05) is 0 Å². The molecule has 1 fully saturated rings. The van der Waals surface area contributed by atoms with Gasteiger partial charge >= 0.3 is 0 Å². The van der Waals surface area contributed by atoms with Crippen LogP contribution in [-0.2, 0) is 6.42 Å². The van der Waals surface area contributed by atoms with Crippen molar-refractivity contribution in [1.29, 1.82) is 0 Å². The topological polar surface area (TPSA) is 45.2 Å². The van der Waals surface area contributed by atoms with Gasteiger partial charge in [-0.3, -0.25) is 4.79 Å². The number of aromatic nitrogens is 1. The number of hydrogen-bond acceptors (Lipinski definition) is 4. The second kappa shape index (κ2) is 6.48. The number of carbonyl (C=O) groups excluding carboxylic acids is 1. The zero-order valence-corrected chi connectivity index (χ0v) is 12.8. The Morgan fingerprint density at radius 2 is 2.11 bits per heavy atom. The first-order chi connectivity index (χ1) is 9.06. The molecule has 0 unspecified atom stereocenters. The molecule has 1 amide bonds. The quantitative estimate of drug-likeness (QED) is 0.900. The molecule has 2 heterocycles. The molecule has 0 spiro atoms. The average molecular weight is 281 g/mol. The number of rotatable bonds is 5. The van der Waals surface area contributed by atoms with E-state index < -0.39 is 0 Å². The Bertz CT molecular complexity index is 436. The Labute approximate surface area is 119 Å². The highest BCUT2D eigenvalue weighted by atomic mass is 32.1. The summed E-state index contributed by atoms with van der Waals surface area (Å²) in [6.07, 6.45) is 3.60. The largest absolute Gasteiger partial charge is 0.349 e. The van der Waals surface area contributed by atoms with Crippen LogP contribution in [0.25, 0.3) is 0 Å². The molecule has 0 aliphatic carbocycles. The van der Waals surface area contributed by atoms with Gasteiger partial charge in [0.05, 0.1) is 10.7 Å². The summed E-state index contributed by atoms with van der Waals surface area (Å²) in [7, 11) is 0. The van der Waals surface area contributed by atoms with E-state index in [1.807, 2.05) is 20.8 Å². The minimum Gasteiger partial charge on any atom is -0.349 e. The van der Waals surface area contributed by atoms with E-state index in [2.05, 4.69) is 15.2 Å². The molecule has 1 aliphatic heterocycles. The molecule has 1 saturated heterocycles. The maximum atomic E-state index is 12.0. The highest BCUT2D eigenvalue weighted by molar-refractivity contribution is 7.13. The van der Waals surface area contributed by atoms with E-state index in [4.69, 9.17) is 0 Å². The third-order valence-electron chi connectivity index (χ3n) is 3.31. The molecule has 0 atom stereocenters. The standard InChI is InChI=1S/C14H23N3OS/c1-10(2)15-14(18)13-11(3)16-12(19-13)6-9-17-7-4-5-8-17/h10H,4-9H2,1-3H3,(H,15,18). The van der Waals surface area contributed by atoms with Gasteiger partial charge in [-0.15, -0.1) is 11.3 Å². The van der Waals surface area contributed by atoms with E-state index in [-0.39, 0.29) is 11.9 Å². The molecule has 1 aromatic heterocycles. The van der Waals surface area contributed by atoms with Crippen LogP contribution in [0, 0.1) is 6.92 Å². The summed E-state index contributed by atoms with van der Waals surface area (Å²) in [5.41, 5.74) is 0.861. The van der Waals surface area contributed by atoms with Gasteiger partial charge in [0, 0.05) is 19.0 Å². The number of amides is 1. The number of thiazole rings is 1. The summed E-state index contributed by atoms with van der Waals surface area (Å²) in [6, 6.07) is 0.169. The van der Waals surface area contributed by atoms with Crippen molar-refractivity contribution in [3.8, 4) is 0 Å². The minimum absolute atomic E-state index is 0.0115. The van der Waals surface area contributed by atoms with Crippen LogP contribution in [0.5, 0.6) is 0 Å². The summed E-state index contributed by atoms with van der Waals surface area (Å²) in [5, 5.41) is 4.01. The van der Waals surface area contributed by atoms with Crippen molar-refractivity contribution in [3.05, 3.63) is 15.6 Å². The molecule has 5 heteroatoms. The van der Waals surface area contributed by atoms with Crippen LogP contribution in [0.3, 0.4) is 0 Å². The molecule has 4 nitrogen and oxygen atoms in total. The van der Waals surface area contributed by atoms with Crippen LogP contribution in [0.1, 0.15) is 47.1 Å². The van der Waals surface area contributed by atoms with Crippen molar-refractivity contribution in [3.63, 3.8) is 0 Å². The van der Waals surface area contributed by atoms with Crippen molar-refractivity contribution < 1.29 is 4.79 Å². The molecule has 1 aliphatic rings. The maximum absolute atomic E-state index is 12.0. The minimum atomic E-state index is 0.0115. The average Bonchev–Trinajstić information content (AvgIpc) is 2.94. The number of nitrogens with zero attached hydrogens (tertiary/aromatic N) is 2. The van der Waals surface area contributed by atoms with Gasteiger partial charge in [0.25, 0.3) is 5.91 Å². The number of hydrogen-bond donors (Lipinski definition) is 1. The summed E-state index contributed by atoms with van der Waals surface area (Å²) >= 11 is 1.54. The third-order valence-corrected chi connectivity index (χ3v) is 4.52. The second-order valence-electron chi connectivity index (χ2n) is 5.45. The molecular formula is C14H23N3OS. The van der Waals surface area contributed by atoms with E-state index in [9.17, 15) is 4.79 Å². The van der Waals surface area contributed by atoms with Crippen molar-refractivity contribution in [1.82, 2.24) is 15.2 Å². The summed E-state index contributed by atoms with van der Waals surface area (Å²) in [6.45, 7) is 9.37. The molecule has 1 aromatic rings. The molecule has 106 valence electrons. The molecule has 19 heavy (non-hydrogen) atoms. The van der Waals surface area contributed by atoms with Crippen molar-refractivity contribution in [2.75, 3.05) is 19.6 Å². The highest BCUT2D eigenvalue weighted by Crippen LogP contribution is 2.19. The predicted octanol–water partition coefficient (Wildman–Crippen LogP) is 2.23. The third kappa shape index (κ3) is 4.01. The van der Waals surface area contributed by atoms with Gasteiger partial charge in [0.2, 0.25) is 0 Å².